The lowest BCUT2D eigenvalue weighted by molar-refractivity contribution is -0.385. The molecule has 0 aromatic heterocycles. The Morgan fingerprint density at radius 3 is 2.30 bits per heavy atom. The van der Waals surface area contributed by atoms with Crippen molar-refractivity contribution in [3.8, 4) is 5.75 Å². The maximum atomic E-state index is 14.4. The Balaban J connectivity index is 1.80. The fourth-order valence-electron chi connectivity index (χ4n) is 5.70. The third-order valence-corrected chi connectivity index (χ3v) is 10.5. The normalized spacial score (nSPS) is 14.2. The Morgan fingerprint density at radius 2 is 1.68 bits per heavy atom. The van der Waals surface area contributed by atoms with Crippen molar-refractivity contribution in [3.05, 3.63) is 92.0 Å². The van der Waals surface area contributed by atoms with Crippen molar-refractivity contribution in [1.82, 2.24) is 10.2 Å². The molecule has 2 amide bonds. The number of sulfonamides is 1. The van der Waals surface area contributed by atoms with Crippen LogP contribution in [0.15, 0.2) is 65.6 Å². The van der Waals surface area contributed by atoms with E-state index in [0.717, 1.165) is 42.5 Å². The molecule has 1 saturated carbocycles. The maximum absolute atomic E-state index is 14.4. The average molecular weight is 706 g/mol. The Kier molecular flexibility index (Phi) is 12.1. The van der Waals surface area contributed by atoms with Crippen molar-refractivity contribution in [2.24, 2.45) is 0 Å². The lowest BCUT2D eigenvalue weighted by atomic mass is 9.95. The molecule has 0 spiro atoms. The zero-order chi connectivity index (χ0) is 34.3. The van der Waals surface area contributed by atoms with E-state index in [9.17, 15) is 28.1 Å². The molecular formula is C33H38Cl2N4O7S. The SMILES string of the molecule is CC[C@@H](C(=O)NC1CCCCC1)N(Cc1ccc(Cl)cc1)C(=O)CN(c1cc(Cl)ccc1OC)S(=O)(=O)c1ccc(C)c([N+](=O)[O-])c1. The van der Waals surface area contributed by atoms with Crippen LogP contribution in [0.25, 0.3) is 0 Å². The molecule has 3 aromatic carbocycles. The molecule has 4 rings (SSSR count). The van der Waals surface area contributed by atoms with Gasteiger partial charge in [0, 0.05) is 34.3 Å². The highest BCUT2D eigenvalue weighted by atomic mass is 35.5. The van der Waals surface area contributed by atoms with Crippen LogP contribution in [0, 0.1) is 17.0 Å². The van der Waals surface area contributed by atoms with Crippen LogP contribution >= 0.6 is 23.2 Å². The Labute approximate surface area is 285 Å². The highest BCUT2D eigenvalue weighted by Crippen LogP contribution is 2.36. The first-order valence-electron chi connectivity index (χ1n) is 15.3. The zero-order valence-corrected chi connectivity index (χ0v) is 28.8. The van der Waals surface area contributed by atoms with Crippen molar-refractivity contribution in [3.63, 3.8) is 0 Å². The average Bonchev–Trinajstić information content (AvgIpc) is 3.04. The van der Waals surface area contributed by atoms with Gasteiger partial charge in [0.2, 0.25) is 11.8 Å². The van der Waals surface area contributed by atoms with E-state index in [1.165, 1.54) is 49.3 Å². The summed E-state index contributed by atoms with van der Waals surface area (Å²) < 4.78 is 34.9. The molecule has 47 heavy (non-hydrogen) atoms. The lowest BCUT2D eigenvalue weighted by Crippen LogP contribution is -2.54. The van der Waals surface area contributed by atoms with Gasteiger partial charge in [0.25, 0.3) is 15.7 Å². The number of halogens is 2. The zero-order valence-electron chi connectivity index (χ0n) is 26.4. The van der Waals surface area contributed by atoms with Gasteiger partial charge in [-0.1, -0.05) is 67.6 Å². The number of carbonyl (C=O) groups is 2. The molecule has 0 aliphatic heterocycles. The second kappa shape index (κ2) is 15.8. The first-order chi connectivity index (χ1) is 22.3. The molecule has 1 aliphatic carbocycles. The third kappa shape index (κ3) is 8.74. The van der Waals surface area contributed by atoms with Crippen LogP contribution in [0.5, 0.6) is 5.75 Å². The molecule has 0 saturated heterocycles. The van der Waals surface area contributed by atoms with E-state index in [1.807, 2.05) is 0 Å². The summed E-state index contributed by atoms with van der Waals surface area (Å²) in [6.45, 7) is 2.51. The van der Waals surface area contributed by atoms with E-state index >= 15 is 0 Å². The minimum absolute atomic E-state index is 0.0107. The highest BCUT2D eigenvalue weighted by molar-refractivity contribution is 7.92. The number of nitrogens with one attached hydrogen (secondary N) is 1. The number of rotatable bonds is 13. The highest BCUT2D eigenvalue weighted by Gasteiger charge is 2.36. The smallest absolute Gasteiger partial charge is 0.273 e. The second-order valence-electron chi connectivity index (χ2n) is 11.4. The van der Waals surface area contributed by atoms with Gasteiger partial charge in [0.1, 0.15) is 18.3 Å². The third-order valence-electron chi connectivity index (χ3n) is 8.26. The summed E-state index contributed by atoms with van der Waals surface area (Å²) in [6, 6.07) is 13.7. The number of methoxy groups -OCH3 is 1. The van der Waals surface area contributed by atoms with Crippen molar-refractivity contribution >= 4 is 56.4 Å². The monoisotopic (exact) mass is 704 g/mol. The Morgan fingerprint density at radius 1 is 1.02 bits per heavy atom. The van der Waals surface area contributed by atoms with Crippen molar-refractivity contribution in [2.75, 3.05) is 18.0 Å². The molecular weight excluding hydrogens is 667 g/mol. The van der Waals surface area contributed by atoms with Crippen LogP contribution < -0.4 is 14.4 Å². The van der Waals surface area contributed by atoms with E-state index < -0.39 is 44.0 Å². The van der Waals surface area contributed by atoms with Crippen LogP contribution in [0.3, 0.4) is 0 Å². The lowest BCUT2D eigenvalue weighted by Gasteiger charge is -2.34. The Hall–Kier alpha value is -3.87. The number of nitrogens with zero attached hydrogens (tertiary/aromatic N) is 3. The first-order valence-corrected chi connectivity index (χ1v) is 17.5. The summed E-state index contributed by atoms with van der Waals surface area (Å²) in [5.74, 6) is -0.915. The number of nitro benzene ring substituents is 1. The van der Waals surface area contributed by atoms with Gasteiger partial charge >= 0.3 is 0 Å². The quantitative estimate of drug-likeness (QED) is 0.155. The van der Waals surface area contributed by atoms with Crippen LogP contribution in [0.4, 0.5) is 11.4 Å². The summed E-state index contributed by atoms with van der Waals surface area (Å²) >= 11 is 12.4. The van der Waals surface area contributed by atoms with Gasteiger partial charge in [-0.2, -0.15) is 0 Å². The Bertz CT molecular complexity index is 1710. The molecule has 1 aliphatic rings. The number of aryl methyl sites for hydroxylation is 1. The molecule has 0 unspecified atom stereocenters. The van der Waals surface area contributed by atoms with E-state index in [1.54, 1.807) is 31.2 Å². The minimum atomic E-state index is -4.63. The number of hydrogen-bond acceptors (Lipinski definition) is 7. The van der Waals surface area contributed by atoms with Crippen LogP contribution in [-0.4, -0.2) is 55.8 Å². The number of carbonyl (C=O) groups excluding carboxylic acids is 2. The van der Waals surface area contributed by atoms with Gasteiger partial charge in [0.15, 0.2) is 0 Å². The first kappa shape index (κ1) is 36.0. The van der Waals surface area contributed by atoms with E-state index in [0.29, 0.717) is 10.6 Å². The molecule has 1 fully saturated rings. The fourth-order valence-corrected chi connectivity index (χ4v) is 7.42. The van der Waals surface area contributed by atoms with E-state index in [4.69, 9.17) is 27.9 Å². The second-order valence-corrected chi connectivity index (χ2v) is 14.2. The number of benzene rings is 3. The molecule has 3 aromatic rings. The number of anilines is 1. The number of nitro groups is 1. The topological polar surface area (TPSA) is 139 Å². The van der Waals surface area contributed by atoms with Crippen molar-refractivity contribution < 1.29 is 27.7 Å². The molecule has 252 valence electrons. The predicted molar refractivity (Wildman–Crippen MR) is 181 cm³/mol. The van der Waals surface area contributed by atoms with Crippen LogP contribution in [0.2, 0.25) is 10.0 Å². The number of hydrogen-bond donors (Lipinski definition) is 1. The summed E-state index contributed by atoms with van der Waals surface area (Å²) in [7, 11) is -3.30. The van der Waals surface area contributed by atoms with E-state index in [-0.39, 0.29) is 46.9 Å². The van der Waals surface area contributed by atoms with Gasteiger partial charge in [-0.3, -0.25) is 24.0 Å². The van der Waals surface area contributed by atoms with Crippen molar-refractivity contribution in [1.29, 1.82) is 0 Å². The molecule has 0 heterocycles. The molecule has 14 heteroatoms. The van der Waals surface area contributed by atoms with Gasteiger partial charge in [0.05, 0.1) is 22.6 Å². The standard InChI is InChI=1S/C33H38Cl2N4O7S/c1-4-28(33(41)36-26-8-6-5-7-9-26)37(20-23-11-13-24(34)14-12-23)32(40)21-38(30-18-25(35)15-17-31(30)46-3)47(44,45)27-16-10-22(2)29(19-27)39(42)43/h10-19,26,28H,4-9,20-21H2,1-3H3,(H,36,41)/t28-/m0/s1. The molecule has 0 radical (unpaired) electrons. The largest absolute Gasteiger partial charge is 0.495 e. The summed E-state index contributed by atoms with van der Waals surface area (Å²) in [4.78, 5) is 40.1. The summed E-state index contributed by atoms with van der Waals surface area (Å²) in [5.41, 5.74) is 0.490. The van der Waals surface area contributed by atoms with Crippen molar-refractivity contribution in [2.45, 2.75) is 75.9 Å². The van der Waals surface area contributed by atoms with Gasteiger partial charge in [-0.15, -0.1) is 0 Å². The van der Waals surface area contributed by atoms with Gasteiger partial charge < -0.3 is 15.0 Å². The van der Waals surface area contributed by atoms with E-state index in [2.05, 4.69) is 5.32 Å². The molecule has 1 atom stereocenters. The molecule has 1 N–H and O–H groups in total. The molecule has 0 bridgehead atoms. The number of amides is 2. The fraction of sp³-hybridized carbons (Fsp3) is 0.394. The summed E-state index contributed by atoms with van der Waals surface area (Å²) in [5, 5.41) is 15.5. The van der Waals surface area contributed by atoms with Crippen LogP contribution in [-0.2, 0) is 26.2 Å². The summed E-state index contributed by atoms with van der Waals surface area (Å²) in [6.07, 6.45) is 5.05. The maximum Gasteiger partial charge on any atom is 0.273 e. The minimum Gasteiger partial charge on any atom is -0.495 e. The predicted octanol–water partition coefficient (Wildman–Crippen LogP) is 6.67. The number of ether oxygens (including phenoxy) is 1. The van der Waals surface area contributed by atoms with Gasteiger partial charge in [-0.05, 0) is 68.1 Å². The molecule has 11 nitrogen and oxygen atoms in total. The van der Waals surface area contributed by atoms with Gasteiger partial charge in [-0.25, -0.2) is 8.42 Å². The van der Waals surface area contributed by atoms with Crippen LogP contribution in [0.1, 0.15) is 56.6 Å².